The SMILES string of the molecule is O=C1CCCCN1C[Si](Cl)c1ccccc1. The average molecular weight is 253 g/mol. The van der Waals surface area contributed by atoms with E-state index >= 15 is 0 Å². The summed E-state index contributed by atoms with van der Waals surface area (Å²) in [6.07, 6.45) is 3.58. The zero-order chi connectivity index (χ0) is 11.4. The number of carbonyl (C=O) groups excluding carboxylic acids is 1. The molecule has 0 aromatic heterocycles. The van der Waals surface area contributed by atoms with E-state index in [1.54, 1.807) is 0 Å². The number of carbonyl (C=O) groups is 1. The number of likely N-dealkylation sites (tertiary alicyclic amines) is 1. The highest BCUT2D eigenvalue weighted by Crippen LogP contribution is 2.11. The number of amides is 1. The van der Waals surface area contributed by atoms with Gasteiger partial charge in [-0.15, -0.1) is 0 Å². The van der Waals surface area contributed by atoms with Crippen LogP contribution in [-0.4, -0.2) is 31.6 Å². The minimum absolute atomic E-state index is 0.269. The van der Waals surface area contributed by atoms with Crippen LogP contribution in [0, 0.1) is 0 Å². The van der Waals surface area contributed by atoms with Gasteiger partial charge in [0.25, 0.3) is 0 Å². The molecule has 16 heavy (non-hydrogen) atoms. The zero-order valence-corrected chi connectivity index (χ0v) is 10.9. The smallest absolute Gasteiger partial charge is 0.222 e. The number of hydrogen-bond acceptors (Lipinski definition) is 1. The van der Waals surface area contributed by atoms with Crippen molar-refractivity contribution in [3.63, 3.8) is 0 Å². The van der Waals surface area contributed by atoms with Crippen LogP contribution in [0.1, 0.15) is 19.3 Å². The van der Waals surface area contributed by atoms with Gasteiger partial charge in [-0.05, 0) is 18.0 Å². The number of rotatable bonds is 3. The summed E-state index contributed by atoms with van der Waals surface area (Å²) in [4.78, 5) is 13.6. The normalized spacial score (nSPS) is 16.9. The van der Waals surface area contributed by atoms with Crippen molar-refractivity contribution in [2.24, 2.45) is 0 Å². The van der Waals surface area contributed by atoms with Crippen LogP contribution < -0.4 is 5.19 Å². The van der Waals surface area contributed by atoms with Crippen LogP contribution in [0.15, 0.2) is 30.3 Å². The van der Waals surface area contributed by atoms with Crippen molar-refractivity contribution in [2.45, 2.75) is 19.3 Å². The molecule has 0 aliphatic carbocycles. The first-order chi connectivity index (χ1) is 7.77. The Bertz CT molecular complexity index is 357. The van der Waals surface area contributed by atoms with Crippen molar-refractivity contribution in [3.05, 3.63) is 30.3 Å². The molecule has 0 saturated carbocycles. The molecular weight excluding hydrogens is 238 g/mol. The van der Waals surface area contributed by atoms with Gasteiger partial charge in [0.15, 0.2) is 0 Å². The van der Waals surface area contributed by atoms with Crippen molar-refractivity contribution in [1.82, 2.24) is 4.90 Å². The van der Waals surface area contributed by atoms with Crippen molar-refractivity contribution < 1.29 is 4.79 Å². The third-order valence-electron chi connectivity index (χ3n) is 2.84. The average Bonchev–Trinajstić information content (AvgIpc) is 2.33. The fraction of sp³-hybridized carbons (Fsp3) is 0.417. The molecule has 85 valence electrons. The van der Waals surface area contributed by atoms with E-state index in [2.05, 4.69) is 12.1 Å². The van der Waals surface area contributed by atoms with Gasteiger partial charge in [-0.1, -0.05) is 30.3 Å². The van der Waals surface area contributed by atoms with Crippen molar-refractivity contribution >= 4 is 30.3 Å². The summed E-state index contributed by atoms with van der Waals surface area (Å²) in [5.74, 6) is 0.269. The van der Waals surface area contributed by atoms with Crippen molar-refractivity contribution in [1.29, 1.82) is 0 Å². The van der Waals surface area contributed by atoms with Gasteiger partial charge in [-0.25, -0.2) is 0 Å². The lowest BCUT2D eigenvalue weighted by Gasteiger charge is -2.27. The number of benzene rings is 1. The molecule has 1 aliphatic rings. The number of piperidine rings is 1. The summed E-state index contributed by atoms with van der Waals surface area (Å²) in [6, 6.07) is 10.1. The predicted octanol–water partition coefficient (Wildman–Crippen LogP) is 1.68. The highest BCUT2D eigenvalue weighted by Gasteiger charge is 2.22. The highest BCUT2D eigenvalue weighted by molar-refractivity contribution is 7.14. The molecule has 1 aliphatic heterocycles. The van der Waals surface area contributed by atoms with Crippen molar-refractivity contribution in [3.8, 4) is 0 Å². The molecule has 1 amide bonds. The van der Waals surface area contributed by atoms with Crippen LogP contribution in [0.4, 0.5) is 0 Å². The summed E-state index contributed by atoms with van der Waals surface area (Å²) in [5, 5.41) is 1.19. The summed E-state index contributed by atoms with van der Waals surface area (Å²) in [6.45, 7) is 0.882. The summed E-state index contributed by atoms with van der Waals surface area (Å²) in [7, 11) is -1.12. The first-order valence-corrected chi connectivity index (χ1v) is 8.34. The van der Waals surface area contributed by atoms with Gasteiger partial charge in [0.1, 0.15) is 0 Å². The first-order valence-electron chi connectivity index (χ1n) is 5.62. The molecule has 1 heterocycles. The molecule has 0 atom stereocenters. The number of nitrogens with zero attached hydrogens (tertiary/aromatic N) is 1. The summed E-state index contributed by atoms with van der Waals surface area (Å²) >= 11 is 6.41. The molecule has 4 heteroatoms. The van der Waals surface area contributed by atoms with Crippen LogP contribution in [-0.2, 0) is 4.79 Å². The molecule has 1 fully saturated rings. The maximum absolute atomic E-state index is 11.6. The van der Waals surface area contributed by atoms with Gasteiger partial charge in [-0.2, -0.15) is 11.1 Å². The Kier molecular flexibility index (Phi) is 4.02. The molecule has 1 radical (unpaired) electrons. The van der Waals surface area contributed by atoms with Gasteiger partial charge in [0, 0.05) is 19.1 Å². The standard InChI is InChI=1S/C12H15ClNOSi/c13-16(11-6-2-1-3-7-11)10-14-9-5-4-8-12(14)15/h1-3,6-7H,4-5,8-10H2. The highest BCUT2D eigenvalue weighted by atomic mass is 35.6. The quantitative estimate of drug-likeness (QED) is 0.592. The second-order valence-electron chi connectivity index (χ2n) is 4.04. The molecule has 2 nitrogen and oxygen atoms in total. The summed E-state index contributed by atoms with van der Waals surface area (Å²) in [5.41, 5.74) is 0. The zero-order valence-electron chi connectivity index (χ0n) is 9.16. The van der Waals surface area contributed by atoms with E-state index in [0.29, 0.717) is 6.42 Å². The molecule has 1 aromatic rings. The third kappa shape index (κ3) is 2.86. The van der Waals surface area contributed by atoms with Gasteiger partial charge in [-0.3, -0.25) is 4.79 Å². The Labute approximate surface area is 103 Å². The van der Waals surface area contributed by atoms with Crippen LogP contribution >= 0.6 is 11.1 Å². The fourth-order valence-electron chi connectivity index (χ4n) is 1.91. The molecule has 0 N–H and O–H groups in total. The number of hydrogen-bond donors (Lipinski definition) is 0. The molecule has 2 rings (SSSR count). The van der Waals surface area contributed by atoms with Gasteiger partial charge in [0.05, 0.1) is 0 Å². The molecule has 0 bridgehead atoms. The third-order valence-corrected chi connectivity index (χ3v) is 5.47. The Balaban J connectivity index is 1.96. The van der Waals surface area contributed by atoms with Crippen LogP contribution in [0.2, 0.25) is 0 Å². The lowest BCUT2D eigenvalue weighted by atomic mass is 10.1. The van der Waals surface area contributed by atoms with E-state index in [1.165, 1.54) is 5.19 Å². The van der Waals surface area contributed by atoms with Gasteiger partial charge in [0.2, 0.25) is 14.0 Å². The molecule has 1 aromatic carbocycles. The summed E-state index contributed by atoms with van der Waals surface area (Å²) < 4.78 is 0. The molecule has 0 spiro atoms. The van der Waals surface area contributed by atoms with E-state index in [1.807, 2.05) is 23.1 Å². The van der Waals surface area contributed by atoms with Gasteiger partial charge < -0.3 is 4.90 Å². The van der Waals surface area contributed by atoms with E-state index < -0.39 is 8.11 Å². The maximum atomic E-state index is 11.6. The lowest BCUT2D eigenvalue weighted by molar-refractivity contribution is -0.132. The van der Waals surface area contributed by atoms with Gasteiger partial charge >= 0.3 is 0 Å². The largest absolute Gasteiger partial charge is 0.344 e. The molecule has 1 saturated heterocycles. The fourth-order valence-corrected chi connectivity index (χ4v) is 4.12. The second kappa shape index (κ2) is 5.50. The number of halogens is 1. The minimum atomic E-state index is -1.12. The molecule has 0 unspecified atom stereocenters. The maximum Gasteiger partial charge on any atom is 0.222 e. The monoisotopic (exact) mass is 252 g/mol. The lowest BCUT2D eigenvalue weighted by Crippen LogP contribution is -2.44. The Morgan fingerprint density at radius 3 is 2.69 bits per heavy atom. The second-order valence-corrected chi connectivity index (χ2v) is 7.12. The van der Waals surface area contributed by atoms with E-state index in [-0.39, 0.29) is 5.91 Å². The topological polar surface area (TPSA) is 20.3 Å². The first kappa shape index (κ1) is 11.7. The van der Waals surface area contributed by atoms with E-state index in [4.69, 9.17) is 11.1 Å². The Hall–Kier alpha value is -0.803. The molecular formula is C12H15ClNOSi. The van der Waals surface area contributed by atoms with E-state index in [9.17, 15) is 4.79 Å². The predicted molar refractivity (Wildman–Crippen MR) is 68.1 cm³/mol. The Morgan fingerprint density at radius 1 is 1.25 bits per heavy atom. The van der Waals surface area contributed by atoms with Crippen LogP contribution in [0.25, 0.3) is 0 Å². The van der Waals surface area contributed by atoms with Crippen LogP contribution in [0.5, 0.6) is 0 Å². The minimum Gasteiger partial charge on any atom is -0.344 e. The van der Waals surface area contributed by atoms with Crippen molar-refractivity contribution in [2.75, 3.05) is 12.7 Å². The van der Waals surface area contributed by atoms with E-state index in [0.717, 1.165) is 25.6 Å². The Morgan fingerprint density at radius 2 is 2.00 bits per heavy atom. The van der Waals surface area contributed by atoms with Crippen LogP contribution in [0.3, 0.4) is 0 Å².